The summed E-state index contributed by atoms with van der Waals surface area (Å²) in [6, 6.07) is 0. The average molecular weight is 305 g/mol. The van der Waals surface area contributed by atoms with Crippen LogP contribution in [0.2, 0.25) is 0 Å². The molecule has 3 saturated carbocycles. The highest BCUT2D eigenvalue weighted by molar-refractivity contribution is 5.91. The number of carbonyl (C=O) groups is 1. The first-order valence-electron chi connectivity index (χ1n) is 10.5. The topological polar surface area (TPSA) is 37.3 Å². The molecule has 1 N–H and O–H groups in total. The lowest BCUT2D eigenvalue weighted by Crippen LogP contribution is -2.53. The molecule has 0 heterocycles. The predicted molar refractivity (Wildman–Crippen MR) is 87.3 cm³/mol. The smallest absolute Gasteiger partial charge is 0.155 e. The number of hydrogen-bond acceptors (Lipinski definition) is 2. The number of ketones is 1. The molecule has 2 nitrogen and oxygen atoms in total. The number of rotatable bonds is 0. The molecule has 4 aliphatic rings. The summed E-state index contributed by atoms with van der Waals surface area (Å²) in [6.07, 6.45) is 7.49. The molecule has 4 rings (SSSR count). The highest BCUT2D eigenvalue weighted by Gasteiger charge is 2.61. The third kappa shape index (κ3) is 1.85. The Morgan fingerprint density at radius 3 is 2.91 bits per heavy atom. The summed E-state index contributed by atoms with van der Waals surface area (Å²) in [7, 11) is 0. The van der Waals surface area contributed by atoms with Crippen LogP contribution in [0.1, 0.15) is 69.8 Å². The van der Waals surface area contributed by atoms with E-state index in [9.17, 15) is 9.90 Å². The van der Waals surface area contributed by atoms with Crippen LogP contribution in [0.4, 0.5) is 0 Å². The molecular weight excluding hydrogens is 272 g/mol. The van der Waals surface area contributed by atoms with E-state index < -0.39 is 17.9 Å². The van der Waals surface area contributed by atoms with Gasteiger partial charge in [0.05, 0.1) is 5.60 Å². The molecule has 0 aliphatic heterocycles. The number of allylic oxidation sites excluding steroid dienone is 1. The molecule has 0 radical (unpaired) electrons. The molecule has 0 aromatic rings. The van der Waals surface area contributed by atoms with Crippen LogP contribution in [0.5, 0.6) is 0 Å². The molecule has 0 saturated heterocycles. The molecule has 122 valence electrons. The molecule has 2 heteroatoms. The Labute approximate surface area is 138 Å². The van der Waals surface area contributed by atoms with Crippen LogP contribution in [0.25, 0.3) is 0 Å². The van der Waals surface area contributed by atoms with Crippen LogP contribution < -0.4 is 0 Å². The molecule has 0 unspecified atom stereocenters. The van der Waals surface area contributed by atoms with Crippen molar-refractivity contribution >= 4 is 5.78 Å². The summed E-state index contributed by atoms with van der Waals surface area (Å²) in [5, 5.41) is 11.2. The van der Waals surface area contributed by atoms with Crippen LogP contribution in [0.15, 0.2) is 11.6 Å². The van der Waals surface area contributed by atoms with Crippen LogP contribution in [-0.4, -0.2) is 16.5 Å². The van der Waals surface area contributed by atoms with E-state index in [1.54, 1.807) is 0 Å². The van der Waals surface area contributed by atoms with Gasteiger partial charge in [-0.1, -0.05) is 19.4 Å². The lowest BCUT2D eigenvalue weighted by Gasteiger charge is -2.57. The maximum absolute atomic E-state index is 11.8. The Bertz CT molecular complexity index is 625. The van der Waals surface area contributed by atoms with Gasteiger partial charge in [-0.15, -0.1) is 0 Å². The van der Waals surface area contributed by atoms with E-state index in [4.69, 9.17) is 4.11 Å². The Morgan fingerprint density at radius 2 is 2.14 bits per heavy atom. The van der Waals surface area contributed by atoms with Crippen LogP contribution in [0, 0.1) is 35.0 Å². The molecular formula is C20H30O2. The molecule has 0 aromatic carbocycles. The lowest BCUT2D eigenvalue weighted by molar-refractivity contribution is -0.121. The fraction of sp³-hybridized carbons (Fsp3) is 0.850. The van der Waals surface area contributed by atoms with Crippen LogP contribution in [-0.2, 0) is 4.79 Å². The summed E-state index contributed by atoms with van der Waals surface area (Å²) >= 11 is 0. The second-order valence-corrected chi connectivity index (χ2v) is 8.71. The minimum absolute atomic E-state index is 0.273. The fourth-order valence-corrected chi connectivity index (χ4v) is 6.61. The SMILES string of the molecule is [2H]C([2H])([2H])[C@@]1(O)CC[C@H]2[C@H]3[C@H](CC[C@@]21C)[C@H]1CCC(=O)C=C1C[C@H]3C. The van der Waals surface area contributed by atoms with Crippen molar-refractivity contribution in [2.75, 3.05) is 0 Å². The first-order chi connectivity index (χ1) is 11.6. The first kappa shape index (κ1) is 11.8. The molecule has 0 bridgehead atoms. The standard InChI is InChI=1S/C20H30O2/c1-12-10-13-11-14(21)4-5-15(13)16-6-8-19(2)17(18(12)16)7-9-20(19,3)22/h11-12,15-18,22H,4-10H2,1-3H3/t12-,15+,16-,17+,18-,19+,20-/m1/s1/i3D3. The van der Waals surface area contributed by atoms with Crippen molar-refractivity contribution in [3.8, 4) is 0 Å². The third-order valence-electron chi connectivity index (χ3n) is 7.79. The van der Waals surface area contributed by atoms with Gasteiger partial charge in [-0.3, -0.25) is 4.79 Å². The molecule has 22 heavy (non-hydrogen) atoms. The monoisotopic (exact) mass is 305 g/mol. The van der Waals surface area contributed by atoms with Crippen LogP contribution in [0.3, 0.4) is 0 Å². The number of hydrogen-bond donors (Lipinski definition) is 1. The van der Waals surface area contributed by atoms with Gasteiger partial charge in [0, 0.05) is 10.5 Å². The Kier molecular flexibility index (Phi) is 2.52. The van der Waals surface area contributed by atoms with Gasteiger partial charge in [0.1, 0.15) is 0 Å². The zero-order valence-electron chi connectivity index (χ0n) is 16.8. The van der Waals surface area contributed by atoms with E-state index in [0.29, 0.717) is 36.5 Å². The van der Waals surface area contributed by atoms with Crippen molar-refractivity contribution in [3.63, 3.8) is 0 Å². The van der Waals surface area contributed by atoms with Crippen molar-refractivity contribution < 1.29 is 14.0 Å². The van der Waals surface area contributed by atoms with Gasteiger partial charge in [0.2, 0.25) is 0 Å². The van der Waals surface area contributed by atoms with Gasteiger partial charge in [0.25, 0.3) is 0 Å². The van der Waals surface area contributed by atoms with Crippen LogP contribution >= 0.6 is 0 Å². The summed E-state index contributed by atoms with van der Waals surface area (Å²) in [5.41, 5.74) is -0.717. The van der Waals surface area contributed by atoms with Gasteiger partial charge in [-0.2, -0.15) is 0 Å². The Hall–Kier alpha value is -0.630. The molecule has 0 spiro atoms. The minimum Gasteiger partial charge on any atom is -0.390 e. The predicted octanol–water partition coefficient (Wildman–Crippen LogP) is 4.13. The van der Waals surface area contributed by atoms with E-state index >= 15 is 0 Å². The molecule has 3 fully saturated rings. The highest BCUT2D eigenvalue weighted by atomic mass is 16.3. The summed E-state index contributed by atoms with van der Waals surface area (Å²) in [6.45, 7) is 1.99. The lowest BCUT2D eigenvalue weighted by atomic mass is 9.48. The van der Waals surface area contributed by atoms with Gasteiger partial charge in [0.15, 0.2) is 5.78 Å². The van der Waals surface area contributed by atoms with E-state index in [2.05, 4.69) is 6.92 Å². The molecule has 0 aromatic heterocycles. The summed E-state index contributed by atoms with van der Waals surface area (Å²) < 4.78 is 23.9. The first-order valence-corrected chi connectivity index (χ1v) is 9.04. The van der Waals surface area contributed by atoms with E-state index in [0.717, 1.165) is 32.1 Å². The number of aliphatic hydroxyl groups is 1. The largest absolute Gasteiger partial charge is 0.390 e. The van der Waals surface area contributed by atoms with Gasteiger partial charge in [-0.05, 0) is 86.5 Å². The normalized spacial score (nSPS) is 56.9. The number of fused-ring (bicyclic) bond motifs is 5. The third-order valence-corrected chi connectivity index (χ3v) is 7.79. The second-order valence-electron chi connectivity index (χ2n) is 8.71. The van der Waals surface area contributed by atoms with Gasteiger partial charge >= 0.3 is 0 Å². The molecule has 0 amide bonds. The quantitative estimate of drug-likeness (QED) is 0.731. The Balaban J connectivity index is 1.70. The molecule has 4 aliphatic carbocycles. The second kappa shape index (κ2) is 4.69. The molecule has 7 atom stereocenters. The Morgan fingerprint density at radius 1 is 1.32 bits per heavy atom. The average Bonchev–Trinajstić information content (AvgIpc) is 2.79. The zero-order chi connectivity index (χ0) is 18.2. The summed E-state index contributed by atoms with van der Waals surface area (Å²) in [5.74, 6) is 2.55. The van der Waals surface area contributed by atoms with E-state index in [1.165, 1.54) is 5.57 Å². The van der Waals surface area contributed by atoms with E-state index in [1.807, 2.05) is 13.0 Å². The fourth-order valence-electron chi connectivity index (χ4n) is 6.61. The highest BCUT2D eigenvalue weighted by Crippen LogP contribution is 2.65. The van der Waals surface area contributed by atoms with E-state index in [-0.39, 0.29) is 11.7 Å². The minimum atomic E-state index is -2.32. The summed E-state index contributed by atoms with van der Waals surface area (Å²) in [4.78, 5) is 11.8. The zero-order valence-corrected chi connectivity index (χ0v) is 13.8. The van der Waals surface area contributed by atoms with Crippen molar-refractivity contribution in [1.29, 1.82) is 0 Å². The van der Waals surface area contributed by atoms with Crippen molar-refractivity contribution in [2.45, 2.75) is 71.2 Å². The van der Waals surface area contributed by atoms with Crippen molar-refractivity contribution in [2.24, 2.45) is 35.0 Å². The number of carbonyl (C=O) groups excluding carboxylic acids is 1. The van der Waals surface area contributed by atoms with Crippen molar-refractivity contribution in [1.82, 2.24) is 0 Å². The maximum Gasteiger partial charge on any atom is 0.155 e. The van der Waals surface area contributed by atoms with Gasteiger partial charge < -0.3 is 5.11 Å². The van der Waals surface area contributed by atoms with Gasteiger partial charge in [-0.25, -0.2) is 0 Å². The maximum atomic E-state index is 11.8. The van der Waals surface area contributed by atoms with Crippen molar-refractivity contribution in [3.05, 3.63) is 11.6 Å².